The van der Waals surface area contributed by atoms with Crippen LogP contribution in [0.5, 0.6) is 0 Å². The van der Waals surface area contributed by atoms with Crippen molar-refractivity contribution < 1.29 is 4.79 Å². The molecule has 2 aromatic rings. The summed E-state index contributed by atoms with van der Waals surface area (Å²) < 4.78 is 0. The molecular formula is C26H34OS. The Morgan fingerprint density at radius 1 is 0.893 bits per heavy atom. The molecule has 2 heteroatoms. The molecule has 0 bridgehead atoms. The zero-order valence-corrected chi connectivity index (χ0v) is 18.3. The average Bonchev–Trinajstić information content (AvgIpc) is 2.74. The third-order valence-electron chi connectivity index (χ3n) is 5.07. The van der Waals surface area contributed by atoms with Crippen LogP contribution in [0.1, 0.15) is 79.8 Å². The fraction of sp³-hybridized carbons (Fsp3) is 0.423. The lowest BCUT2D eigenvalue weighted by atomic mass is 10.0. The van der Waals surface area contributed by atoms with Crippen LogP contribution in [0.15, 0.2) is 59.5 Å². The molecular weight excluding hydrogens is 360 g/mol. The molecule has 150 valence electrons. The minimum Gasteiger partial charge on any atom is -0.289 e. The Morgan fingerprint density at radius 2 is 1.57 bits per heavy atom. The number of allylic oxidation sites excluding steroid dienone is 1. The number of ketones is 1. The number of benzene rings is 2. The summed E-state index contributed by atoms with van der Waals surface area (Å²) in [7, 11) is 0. The van der Waals surface area contributed by atoms with Gasteiger partial charge in [0.25, 0.3) is 0 Å². The fourth-order valence-electron chi connectivity index (χ4n) is 3.33. The van der Waals surface area contributed by atoms with Gasteiger partial charge in [-0.3, -0.25) is 4.79 Å². The Morgan fingerprint density at radius 3 is 2.25 bits per heavy atom. The van der Waals surface area contributed by atoms with E-state index in [0.717, 1.165) is 17.5 Å². The minimum atomic E-state index is 0.0757. The van der Waals surface area contributed by atoms with E-state index >= 15 is 0 Å². The predicted molar refractivity (Wildman–Crippen MR) is 124 cm³/mol. The summed E-state index contributed by atoms with van der Waals surface area (Å²) in [5.41, 5.74) is 3.12. The molecule has 0 heterocycles. The van der Waals surface area contributed by atoms with Gasteiger partial charge in [0.1, 0.15) is 0 Å². The number of carbonyl (C=O) groups excluding carboxylic acids is 1. The first kappa shape index (κ1) is 22.5. The lowest BCUT2D eigenvalue weighted by molar-refractivity contribution is 0.104. The number of thioether (sulfide) groups is 1. The van der Waals surface area contributed by atoms with Gasteiger partial charge < -0.3 is 0 Å². The van der Waals surface area contributed by atoms with Crippen LogP contribution in [0.2, 0.25) is 0 Å². The van der Waals surface area contributed by atoms with Crippen LogP contribution in [0.4, 0.5) is 0 Å². The van der Waals surface area contributed by atoms with Crippen molar-refractivity contribution in [2.45, 2.75) is 69.6 Å². The van der Waals surface area contributed by atoms with Crippen molar-refractivity contribution in [3.05, 3.63) is 71.3 Å². The second-order valence-electron chi connectivity index (χ2n) is 7.40. The number of hydrogen-bond acceptors (Lipinski definition) is 2. The summed E-state index contributed by atoms with van der Waals surface area (Å²) in [5, 5.41) is 0. The molecule has 0 radical (unpaired) electrons. The van der Waals surface area contributed by atoms with Gasteiger partial charge in [0, 0.05) is 10.5 Å². The van der Waals surface area contributed by atoms with Crippen LogP contribution >= 0.6 is 11.8 Å². The largest absolute Gasteiger partial charge is 0.289 e. The summed E-state index contributed by atoms with van der Waals surface area (Å²) in [6.07, 6.45) is 17.4. The van der Waals surface area contributed by atoms with Crippen molar-refractivity contribution >= 4 is 23.6 Å². The highest BCUT2D eigenvalue weighted by atomic mass is 32.2. The number of aryl methyl sites for hydroxylation is 1. The maximum absolute atomic E-state index is 12.5. The molecule has 2 aromatic carbocycles. The number of rotatable bonds is 13. The maximum Gasteiger partial charge on any atom is 0.185 e. The standard InChI is InChI=1S/C26H34OS/c1-3-4-5-6-7-8-9-10-12-23-13-11-14-24(21-23)26(27)20-17-22-15-18-25(28-2)19-16-22/h11,13-21H,3-10,12H2,1-2H3/b20-17+. The SMILES string of the molecule is CCCCCCCCCCc1cccc(C(=O)/C=C/c2ccc(SC)cc2)c1. The van der Waals surface area contributed by atoms with Crippen LogP contribution in [0.25, 0.3) is 6.08 Å². The van der Waals surface area contributed by atoms with Crippen LogP contribution in [-0.2, 0) is 6.42 Å². The van der Waals surface area contributed by atoms with Crippen molar-refractivity contribution in [1.29, 1.82) is 0 Å². The van der Waals surface area contributed by atoms with E-state index in [2.05, 4.69) is 37.4 Å². The average molecular weight is 395 g/mol. The molecule has 0 aliphatic carbocycles. The van der Waals surface area contributed by atoms with Gasteiger partial charge in [-0.2, -0.15) is 0 Å². The molecule has 0 aliphatic heterocycles. The van der Waals surface area contributed by atoms with E-state index in [-0.39, 0.29) is 5.78 Å². The van der Waals surface area contributed by atoms with Gasteiger partial charge in [-0.25, -0.2) is 0 Å². The molecule has 0 N–H and O–H groups in total. The third kappa shape index (κ3) is 8.48. The molecule has 0 aliphatic rings. The topological polar surface area (TPSA) is 17.1 Å². The molecule has 0 saturated heterocycles. The van der Waals surface area contributed by atoms with E-state index in [0.29, 0.717) is 0 Å². The van der Waals surface area contributed by atoms with Crippen molar-refractivity contribution in [3.63, 3.8) is 0 Å². The van der Waals surface area contributed by atoms with Crippen LogP contribution in [-0.4, -0.2) is 12.0 Å². The Labute approximate surface area is 175 Å². The lowest BCUT2D eigenvalue weighted by Gasteiger charge is -2.04. The first-order valence-electron chi connectivity index (χ1n) is 10.7. The Balaban J connectivity index is 1.77. The second-order valence-corrected chi connectivity index (χ2v) is 8.28. The summed E-state index contributed by atoms with van der Waals surface area (Å²) in [5.74, 6) is 0.0757. The molecule has 0 atom stereocenters. The van der Waals surface area contributed by atoms with Crippen LogP contribution in [0.3, 0.4) is 0 Å². The van der Waals surface area contributed by atoms with E-state index in [4.69, 9.17) is 0 Å². The van der Waals surface area contributed by atoms with E-state index in [1.54, 1.807) is 17.8 Å². The molecule has 0 aromatic heterocycles. The molecule has 0 fully saturated rings. The van der Waals surface area contributed by atoms with E-state index in [1.807, 2.05) is 30.3 Å². The predicted octanol–water partition coefficient (Wildman–Crippen LogP) is 7.99. The van der Waals surface area contributed by atoms with Gasteiger partial charge in [-0.15, -0.1) is 11.8 Å². The van der Waals surface area contributed by atoms with Crippen molar-refractivity contribution in [3.8, 4) is 0 Å². The Kier molecular flexibility index (Phi) is 10.8. The molecule has 0 saturated carbocycles. The van der Waals surface area contributed by atoms with Gasteiger partial charge in [0.05, 0.1) is 0 Å². The number of carbonyl (C=O) groups is 1. The number of unbranched alkanes of at least 4 members (excludes halogenated alkanes) is 7. The van der Waals surface area contributed by atoms with Crippen LogP contribution < -0.4 is 0 Å². The zero-order valence-electron chi connectivity index (χ0n) is 17.5. The quantitative estimate of drug-likeness (QED) is 0.148. The van der Waals surface area contributed by atoms with E-state index in [1.165, 1.54) is 61.8 Å². The highest BCUT2D eigenvalue weighted by Crippen LogP contribution is 2.16. The monoisotopic (exact) mass is 394 g/mol. The second kappa shape index (κ2) is 13.4. The van der Waals surface area contributed by atoms with Crippen molar-refractivity contribution in [2.75, 3.05) is 6.26 Å². The van der Waals surface area contributed by atoms with Gasteiger partial charge in [-0.05, 0) is 54.5 Å². The normalized spacial score (nSPS) is 11.2. The van der Waals surface area contributed by atoms with Gasteiger partial charge in [-0.1, -0.05) is 88.3 Å². The van der Waals surface area contributed by atoms with Gasteiger partial charge >= 0.3 is 0 Å². The van der Waals surface area contributed by atoms with E-state index < -0.39 is 0 Å². The molecule has 1 nitrogen and oxygen atoms in total. The molecule has 0 amide bonds. The van der Waals surface area contributed by atoms with E-state index in [9.17, 15) is 4.79 Å². The molecule has 28 heavy (non-hydrogen) atoms. The third-order valence-corrected chi connectivity index (χ3v) is 5.82. The maximum atomic E-state index is 12.5. The Bertz CT molecular complexity index is 730. The highest BCUT2D eigenvalue weighted by Gasteiger charge is 2.03. The molecule has 2 rings (SSSR count). The summed E-state index contributed by atoms with van der Waals surface area (Å²) >= 11 is 1.72. The van der Waals surface area contributed by atoms with Gasteiger partial charge in [0.15, 0.2) is 5.78 Å². The first-order valence-corrected chi connectivity index (χ1v) is 11.9. The zero-order chi connectivity index (χ0) is 20.0. The number of hydrogen-bond donors (Lipinski definition) is 0. The molecule has 0 unspecified atom stereocenters. The van der Waals surface area contributed by atoms with Crippen LogP contribution in [0, 0.1) is 0 Å². The molecule has 0 spiro atoms. The van der Waals surface area contributed by atoms with Gasteiger partial charge in [0.2, 0.25) is 0 Å². The van der Waals surface area contributed by atoms with Crippen molar-refractivity contribution in [2.24, 2.45) is 0 Å². The summed E-state index contributed by atoms with van der Waals surface area (Å²) in [6.45, 7) is 2.26. The Hall–Kier alpha value is -1.80. The van der Waals surface area contributed by atoms with Crippen molar-refractivity contribution in [1.82, 2.24) is 0 Å². The fourth-order valence-corrected chi connectivity index (χ4v) is 3.73. The first-order chi connectivity index (χ1) is 13.7. The lowest BCUT2D eigenvalue weighted by Crippen LogP contribution is -1.96. The minimum absolute atomic E-state index is 0.0757. The summed E-state index contributed by atoms with van der Waals surface area (Å²) in [6, 6.07) is 16.4. The summed E-state index contributed by atoms with van der Waals surface area (Å²) in [4.78, 5) is 13.7. The highest BCUT2D eigenvalue weighted by molar-refractivity contribution is 7.98. The smallest absolute Gasteiger partial charge is 0.185 e.